The van der Waals surface area contributed by atoms with Crippen LogP contribution < -0.4 is 4.90 Å². The Bertz CT molecular complexity index is 849. The Morgan fingerprint density at radius 2 is 1.60 bits per heavy atom. The van der Waals surface area contributed by atoms with E-state index in [1.54, 1.807) is 0 Å². The van der Waals surface area contributed by atoms with E-state index in [1.165, 1.54) is 0 Å². The van der Waals surface area contributed by atoms with Crippen LogP contribution in [-0.4, -0.2) is 38.4 Å². The summed E-state index contributed by atoms with van der Waals surface area (Å²) in [5.74, 6) is -2.12. The molecular formula is C18H20F2N2O2S. The lowest BCUT2D eigenvalue weighted by Crippen LogP contribution is -2.53. The Morgan fingerprint density at radius 1 is 1.00 bits per heavy atom. The number of anilines is 1. The van der Waals surface area contributed by atoms with E-state index in [1.807, 2.05) is 38.1 Å². The topological polar surface area (TPSA) is 40.6 Å². The molecule has 25 heavy (non-hydrogen) atoms. The quantitative estimate of drug-likeness (QED) is 0.838. The summed E-state index contributed by atoms with van der Waals surface area (Å²) in [4.78, 5) is 1.23. The average molecular weight is 366 g/mol. The van der Waals surface area contributed by atoms with Crippen molar-refractivity contribution in [3.8, 4) is 0 Å². The van der Waals surface area contributed by atoms with E-state index in [-0.39, 0.29) is 19.1 Å². The SMILES string of the molecule is Cc1ccc(N2CCN(S(=O)(=O)c3c(F)cccc3F)CC2C)cc1. The number of sulfonamides is 1. The summed E-state index contributed by atoms with van der Waals surface area (Å²) in [5.41, 5.74) is 2.15. The van der Waals surface area contributed by atoms with Gasteiger partial charge in [-0.2, -0.15) is 4.31 Å². The van der Waals surface area contributed by atoms with E-state index in [0.717, 1.165) is 33.8 Å². The number of hydrogen-bond acceptors (Lipinski definition) is 3. The molecule has 0 amide bonds. The Kier molecular flexibility index (Phi) is 4.79. The van der Waals surface area contributed by atoms with Gasteiger partial charge in [0.1, 0.15) is 11.6 Å². The molecule has 134 valence electrons. The van der Waals surface area contributed by atoms with Crippen molar-refractivity contribution in [3.63, 3.8) is 0 Å². The van der Waals surface area contributed by atoms with Gasteiger partial charge in [-0.3, -0.25) is 0 Å². The fourth-order valence-electron chi connectivity index (χ4n) is 3.12. The van der Waals surface area contributed by atoms with Crippen LogP contribution in [-0.2, 0) is 10.0 Å². The van der Waals surface area contributed by atoms with E-state index < -0.39 is 26.6 Å². The molecule has 1 aliphatic rings. The van der Waals surface area contributed by atoms with Gasteiger partial charge in [-0.1, -0.05) is 23.8 Å². The minimum atomic E-state index is -4.21. The minimum Gasteiger partial charge on any atom is -0.366 e. The zero-order chi connectivity index (χ0) is 18.2. The number of halogens is 2. The Labute approximate surface area is 146 Å². The van der Waals surface area contributed by atoms with Gasteiger partial charge in [0, 0.05) is 31.4 Å². The lowest BCUT2D eigenvalue weighted by molar-refractivity contribution is 0.339. The molecule has 0 N–H and O–H groups in total. The molecule has 0 spiro atoms. The van der Waals surface area contributed by atoms with E-state index in [9.17, 15) is 17.2 Å². The second kappa shape index (κ2) is 6.72. The molecular weight excluding hydrogens is 346 g/mol. The summed E-state index contributed by atoms with van der Waals surface area (Å²) in [6, 6.07) is 10.9. The highest BCUT2D eigenvalue weighted by molar-refractivity contribution is 7.89. The van der Waals surface area contributed by atoms with Crippen molar-refractivity contribution in [3.05, 3.63) is 59.7 Å². The molecule has 2 aromatic carbocycles. The van der Waals surface area contributed by atoms with E-state index in [4.69, 9.17) is 0 Å². The molecule has 0 radical (unpaired) electrons. The van der Waals surface area contributed by atoms with Gasteiger partial charge in [0.15, 0.2) is 4.90 Å². The molecule has 1 aliphatic heterocycles. The van der Waals surface area contributed by atoms with Crippen LogP contribution in [0.3, 0.4) is 0 Å². The lowest BCUT2D eigenvalue weighted by Gasteiger charge is -2.40. The molecule has 0 bridgehead atoms. The van der Waals surface area contributed by atoms with Crippen molar-refractivity contribution in [2.75, 3.05) is 24.5 Å². The van der Waals surface area contributed by atoms with Crippen LogP contribution in [0, 0.1) is 18.6 Å². The highest BCUT2D eigenvalue weighted by Gasteiger charge is 2.35. The third kappa shape index (κ3) is 3.39. The zero-order valence-corrected chi connectivity index (χ0v) is 14.9. The predicted molar refractivity (Wildman–Crippen MR) is 93.1 cm³/mol. The van der Waals surface area contributed by atoms with Crippen LogP contribution in [0.5, 0.6) is 0 Å². The van der Waals surface area contributed by atoms with Crippen LogP contribution in [0.25, 0.3) is 0 Å². The van der Waals surface area contributed by atoms with Crippen molar-refractivity contribution < 1.29 is 17.2 Å². The Morgan fingerprint density at radius 3 is 2.16 bits per heavy atom. The lowest BCUT2D eigenvalue weighted by atomic mass is 10.1. The van der Waals surface area contributed by atoms with Gasteiger partial charge in [0.05, 0.1) is 0 Å². The third-order valence-corrected chi connectivity index (χ3v) is 6.39. The van der Waals surface area contributed by atoms with Crippen LogP contribution >= 0.6 is 0 Å². The second-order valence-electron chi connectivity index (χ2n) is 6.29. The van der Waals surface area contributed by atoms with Crippen molar-refractivity contribution in [1.82, 2.24) is 4.31 Å². The van der Waals surface area contributed by atoms with Crippen molar-refractivity contribution >= 4 is 15.7 Å². The van der Waals surface area contributed by atoms with Crippen LogP contribution in [0.1, 0.15) is 12.5 Å². The monoisotopic (exact) mass is 366 g/mol. The highest BCUT2D eigenvalue weighted by Crippen LogP contribution is 2.27. The van der Waals surface area contributed by atoms with Gasteiger partial charge in [0.2, 0.25) is 10.0 Å². The molecule has 1 unspecified atom stereocenters. The number of aryl methyl sites for hydroxylation is 1. The molecule has 1 atom stereocenters. The normalized spacial score (nSPS) is 19.2. The first kappa shape index (κ1) is 17.8. The Hall–Kier alpha value is -1.99. The molecule has 1 saturated heterocycles. The predicted octanol–water partition coefficient (Wildman–Crippen LogP) is 3.17. The van der Waals surface area contributed by atoms with Gasteiger partial charge in [0.25, 0.3) is 0 Å². The number of piperazine rings is 1. The molecule has 1 heterocycles. The molecule has 3 rings (SSSR count). The van der Waals surface area contributed by atoms with Gasteiger partial charge in [-0.25, -0.2) is 17.2 Å². The molecule has 4 nitrogen and oxygen atoms in total. The first-order valence-corrected chi connectivity index (χ1v) is 9.52. The Balaban J connectivity index is 1.84. The first-order valence-electron chi connectivity index (χ1n) is 8.08. The minimum absolute atomic E-state index is 0.110. The van der Waals surface area contributed by atoms with Crippen LogP contribution in [0.2, 0.25) is 0 Å². The van der Waals surface area contributed by atoms with E-state index >= 15 is 0 Å². The van der Waals surface area contributed by atoms with E-state index in [0.29, 0.717) is 6.54 Å². The summed E-state index contributed by atoms with van der Waals surface area (Å²) in [6.07, 6.45) is 0. The molecule has 7 heteroatoms. The van der Waals surface area contributed by atoms with Crippen molar-refractivity contribution in [2.45, 2.75) is 24.8 Å². The maximum atomic E-state index is 13.9. The smallest absolute Gasteiger partial charge is 0.249 e. The summed E-state index contributed by atoms with van der Waals surface area (Å²) in [6.45, 7) is 4.71. The third-order valence-electron chi connectivity index (χ3n) is 4.47. The molecule has 0 saturated carbocycles. The summed E-state index contributed by atoms with van der Waals surface area (Å²) < 4.78 is 54.4. The van der Waals surface area contributed by atoms with Gasteiger partial charge < -0.3 is 4.90 Å². The number of hydrogen-bond donors (Lipinski definition) is 0. The maximum absolute atomic E-state index is 13.9. The summed E-state index contributed by atoms with van der Waals surface area (Å²) in [7, 11) is -4.21. The molecule has 0 aromatic heterocycles. The fraction of sp³-hybridized carbons (Fsp3) is 0.333. The van der Waals surface area contributed by atoms with Gasteiger partial charge in [-0.05, 0) is 38.1 Å². The average Bonchev–Trinajstić information content (AvgIpc) is 2.55. The summed E-state index contributed by atoms with van der Waals surface area (Å²) >= 11 is 0. The zero-order valence-electron chi connectivity index (χ0n) is 14.1. The van der Waals surface area contributed by atoms with Gasteiger partial charge in [-0.15, -0.1) is 0 Å². The van der Waals surface area contributed by atoms with Crippen LogP contribution in [0.15, 0.2) is 47.4 Å². The molecule has 0 aliphatic carbocycles. The fourth-order valence-corrected chi connectivity index (χ4v) is 4.74. The standard InChI is InChI=1S/C18H20F2N2O2S/c1-13-6-8-15(9-7-13)22-11-10-21(12-14(22)2)25(23,24)18-16(19)4-3-5-17(18)20/h3-9,14H,10-12H2,1-2H3. The van der Waals surface area contributed by atoms with Gasteiger partial charge >= 0.3 is 0 Å². The maximum Gasteiger partial charge on any atom is 0.249 e. The largest absolute Gasteiger partial charge is 0.366 e. The number of rotatable bonds is 3. The first-order chi connectivity index (χ1) is 11.8. The number of benzene rings is 2. The summed E-state index contributed by atoms with van der Waals surface area (Å²) in [5, 5.41) is 0. The molecule has 1 fully saturated rings. The molecule has 2 aromatic rings. The number of nitrogens with zero attached hydrogens (tertiary/aromatic N) is 2. The second-order valence-corrected chi connectivity index (χ2v) is 8.17. The highest BCUT2D eigenvalue weighted by atomic mass is 32.2. The van der Waals surface area contributed by atoms with Crippen molar-refractivity contribution in [1.29, 1.82) is 0 Å². The van der Waals surface area contributed by atoms with E-state index in [2.05, 4.69) is 4.90 Å². The van der Waals surface area contributed by atoms with Crippen molar-refractivity contribution in [2.24, 2.45) is 0 Å². The van der Waals surface area contributed by atoms with Crippen LogP contribution in [0.4, 0.5) is 14.5 Å².